The highest BCUT2D eigenvalue weighted by molar-refractivity contribution is 6.31. The normalized spacial score (nSPS) is 26.3. The molecule has 1 N–H and O–H groups in total. The predicted molar refractivity (Wildman–Crippen MR) is 88.4 cm³/mol. The summed E-state index contributed by atoms with van der Waals surface area (Å²) in [4.78, 5) is 0. The van der Waals surface area contributed by atoms with Gasteiger partial charge in [0, 0.05) is 11.1 Å². The molecule has 1 saturated carbocycles. The second-order valence-electron chi connectivity index (χ2n) is 6.68. The molecule has 1 aliphatic carbocycles. The van der Waals surface area contributed by atoms with Gasteiger partial charge in [-0.05, 0) is 60.9 Å². The van der Waals surface area contributed by atoms with E-state index in [0.29, 0.717) is 22.9 Å². The van der Waals surface area contributed by atoms with Gasteiger partial charge in [-0.25, -0.2) is 4.39 Å². The largest absolute Gasteiger partial charge is 0.314 e. The quantitative estimate of drug-likeness (QED) is 0.769. The van der Waals surface area contributed by atoms with E-state index in [1.54, 1.807) is 12.1 Å². The highest BCUT2D eigenvalue weighted by Crippen LogP contribution is 2.43. The summed E-state index contributed by atoms with van der Waals surface area (Å²) in [5.74, 6) is 1.49. The Morgan fingerprint density at radius 2 is 2.10 bits per heavy atom. The second-order valence-corrected chi connectivity index (χ2v) is 7.09. The Morgan fingerprint density at radius 3 is 2.76 bits per heavy atom. The first-order valence-electron chi connectivity index (χ1n) is 8.19. The van der Waals surface area contributed by atoms with Crippen LogP contribution in [-0.4, -0.2) is 12.6 Å². The zero-order valence-corrected chi connectivity index (χ0v) is 14.1. The van der Waals surface area contributed by atoms with Gasteiger partial charge in [-0.1, -0.05) is 45.2 Å². The molecule has 0 bridgehead atoms. The van der Waals surface area contributed by atoms with Crippen molar-refractivity contribution in [1.29, 1.82) is 0 Å². The van der Waals surface area contributed by atoms with Crippen molar-refractivity contribution < 1.29 is 4.39 Å². The average molecular weight is 312 g/mol. The number of hydrogen-bond acceptors (Lipinski definition) is 1. The molecule has 0 aliphatic heterocycles. The molecule has 1 aromatic rings. The zero-order chi connectivity index (χ0) is 15.4. The monoisotopic (exact) mass is 311 g/mol. The van der Waals surface area contributed by atoms with Gasteiger partial charge in [0.05, 0.1) is 0 Å². The second kappa shape index (κ2) is 7.60. The minimum absolute atomic E-state index is 0.177. The fraction of sp³-hybridized carbons (Fsp3) is 0.667. The van der Waals surface area contributed by atoms with Gasteiger partial charge in [-0.3, -0.25) is 0 Å². The van der Waals surface area contributed by atoms with Gasteiger partial charge in [-0.2, -0.15) is 0 Å². The Balaban J connectivity index is 2.21. The number of halogens is 2. The lowest BCUT2D eigenvalue weighted by Gasteiger charge is -2.37. The van der Waals surface area contributed by atoms with Crippen LogP contribution in [0.1, 0.15) is 57.9 Å². The fourth-order valence-corrected chi connectivity index (χ4v) is 3.76. The van der Waals surface area contributed by atoms with Crippen LogP contribution in [-0.2, 0) is 0 Å². The molecule has 1 nitrogen and oxygen atoms in total. The Hall–Kier alpha value is -0.600. The Morgan fingerprint density at radius 1 is 1.33 bits per heavy atom. The molecular formula is C18H27ClFN. The van der Waals surface area contributed by atoms with Crippen LogP contribution in [0.5, 0.6) is 0 Å². The van der Waals surface area contributed by atoms with Crippen LogP contribution in [0.3, 0.4) is 0 Å². The van der Waals surface area contributed by atoms with Crippen LogP contribution in [0.15, 0.2) is 18.2 Å². The van der Waals surface area contributed by atoms with E-state index >= 15 is 0 Å². The lowest BCUT2D eigenvalue weighted by molar-refractivity contribution is 0.222. The summed E-state index contributed by atoms with van der Waals surface area (Å²) in [5, 5.41) is 4.26. The maximum absolute atomic E-state index is 13.6. The van der Waals surface area contributed by atoms with Crippen molar-refractivity contribution in [2.75, 3.05) is 6.54 Å². The van der Waals surface area contributed by atoms with Crippen molar-refractivity contribution in [2.24, 2.45) is 11.8 Å². The third kappa shape index (κ3) is 4.43. The van der Waals surface area contributed by atoms with Crippen molar-refractivity contribution in [3.63, 3.8) is 0 Å². The number of rotatable bonds is 5. The van der Waals surface area contributed by atoms with Gasteiger partial charge in [0.15, 0.2) is 0 Å². The third-order valence-electron chi connectivity index (χ3n) is 4.83. The highest BCUT2D eigenvalue weighted by atomic mass is 35.5. The molecule has 1 aliphatic rings. The molecule has 0 radical (unpaired) electrons. The molecule has 0 saturated heterocycles. The summed E-state index contributed by atoms with van der Waals surface area (Å²) >= 11 is 6.36. The number of hydrogen-bond donors (Lipinski definition) is 1. The molecule has 0 spiro atoms. The van der Waals surface area contributed by atoms with Crippen LogP contribution in [0.4, 0.5) is 4.39 Å². The molecule has 1 aromatic carbocycles. The van der Waals surface area contributed by atoms with E-state index < -0.39 is 0 Å². The maximum atomic E-state index is 13.6. The van der Waals surface area contributed by atoms with Gasteiger partial charge in [-0.15, -0.1) is 0 Å². The van der Waals surface area contributed by atoms with E-state index in [1.165, 1.54) is 25.3 Å². The topological polar surface area (TPSA) is 12.0 Å². The van der Waals surface area contributed by atoms with Gasteiger partial charge in [0.1, 0.15) is 5.82 Å². The number of nitrogens with one attached hydrogen (secondary N) is 1. The summed E-state index contributed by atoms with van der Waals surface area (Å²) < 4.78 is 13.6. The van der Waals surface area contributed by atoms with Gasteiger partial charge in [0.25, 0.3) is 0 Å². The molecule has 21 heavy (non-hydrogen) atoms. The SMILES string of the molecule is CCC1CCC(CNC(C)C)C(c2cc(F)ccc2Cl)C1. The maximum Gasteiger partial charge on any atom is 0.123 e. The molecule has 2 rings (SSSR count). The van der Waals surface area contributed by atoms with Crippen molar-refractivity contribution in [3.05, 3.63) is 34.6 Å². The molecule has 118 valence electrons. The minimum Gasteiger partial charge on any atom is -0.314 e. The molecule has 3 heteroatoms. The highest BCUT2D eigenvalue weighted by Gasteiger charge is 2.32. The van der Waals surface area contributed by atoms with Gasteiger partial charge >= 0.3 is 0 Å². The van der Waals surface area contributed by atoms with Gasteiger partial charge in [0.2, 0.25) is 0 Å². The summed E-state index contributed by atoms with van der Waals surface area (Å²) in [6, 6.07) is 5.28. The predicted octanol–water partition coefficient (Wildman–Crippen LogP) is 5.39. The molecule has 0 amide bonds. The molecule has 0 aromatic heterocycles. The molecule has 0 heterocycles. The molecule has 1 fully saturated rings. The summed E-state index contributed by atoms with van der Waals surface area (Å²) in [6.07, 6.45) is 4.82. The van der Waals surface area contributed by atoms with Crippen LogP contribution < -0.4 is 5.32 Å². The summed E-state index contributed by atoms with van der Waals surface area (Å²) in [6.45, 7) is 7.58. The first-order valence-corrected chi connectivity index (χ1v) is 8.57. The van der Waals surface area contributed by atoms with E-state index in [1.807, 2.05) is 0 Å². The number of benzene rings is 1. The third-order valence-corrected chi connectivity index (χ3v) is 5.17. The van der Waals surface area contributed by atoms with E-state index in [0.717, 1.165) is 24.4 Å². The van der Waals surface area contributed by atoms with Gasteiger partial charge < -0.3 is 5.32 Å². The zero-order valence-electron chi connectivity index (χ0n) is 13.3. The molecule has 3 atom stereocenters. The van der Waals surface area contributed by atoms with Crippen LogP contribution in [0.25, 0.3) is 0 Å². The first kappa shape index (κ1) is 16.8. The van der Waals surface area contributed by atoms with E-state index in [-0.39, 0.29) is 5.82 Å². The van der Waals surface area contributed by atoms with Crippen LogP contribution in [0.2, 0.25) is 5.02 Å². The summed E-state index contributed by atoms with van der Waals surface area (Å²) in [7, 11) is 0. The fourth-order valence-electron chi connectivity index (χ4n) is 3.50. The lowest BCUT2D eigenvalue weighted by Crippen LogP contribution is -2.35. The van der Waals surface area contributed by atoms with Crippen molar-refractivity contribution >= 4 is 11.6 Å². The summed E-state index contributed by atoms with van der Waals surface area (Å²) in [5.41, 5.74) is 1.00. The Kier molecular flexibility index (Phi) is 6.07. The van der Waals surface area contributed by atoms with Crippen molar-refractivity contribution in [2.45, 2.75) is 58.4 Å². The standard InChI is InChI=1S/C18H27ClFN/c1-4-13-5-6-14(11-21-12(2)3)16(9-13)17-10-15(20)7-8-18(17)19/h7-8,10,12-14,16,21H,4-6,9,11H2,1-3H3. The smallest absolute Gasteiger partial charge is 0.123 e. The first-order chi connectivity index (χ1) is 10.0. The van der Waals surface area contributed by atoms with E-state index in [2.05, 4.69) is 26.1 Å². The lowest BCUT2D eigenvalue weighted by atomic mass is 9.70. The Bertz CT molecular complexity index is 461. The van der Waals surface area contributed by atoms with E-state index in [9.17, 15) is 4.39 Å². The average Bonchev–Trinajstić information content (AvgIpc) is 2.47. The van der Waals surface area contributed by atoms with Crippen molar-refractivity contribution in [3.8, 4) is 0 Å². The van der Waals surface area contributed by atoms with Crippen LogP contribution in [0, 0.1) is 17.7 Å². The van der Waals surface area contributed by atoms with Crippen molar-refractivity contribution in [1.82, 2.24) is 5.32 Å². The minimum atomic E-state index is -0.177. The van der Waals surface area contributed by atoms with E-state index in [4.69, 9.17) is 11.6 Å². The Labute approximate surface area is 133 Å². The molecule has 3 unspecified atom stereocenters. The van der Waals surface area contributed by atoms with Crippen LogP contribution >= 0.6 is 11.6 Å². The molecular weight excluding hydrogens is 285 g/mol.